The highest BCUT2D eigenvalue weighted by Gasteiger charge is 2.31. The Morgan fingerprint density at radius 1 is 1.39 bits per heavy atom. The minimum Gasteiger partial charge on any atom is -0.465 e. The van der Waals surface area contributed by atoms with Crippen LogP contribution in [-0.4, -0.2) is 51.7 Å². The van der Waals surface area contributed by atoms with Gasteiger partial charge in [0.15, 0.2) is 0 Å². The first-order valence-corrected chi connectivity index (χ1v) is 8.08. The molecule has 1 aromatic heterocycles. The van der Waals surface area contributed by atoms with Crippen LogP contribution in [0.15, 0.2) is 30.5 Å². The zero-order valence-electron chi connectivity index (χ0n) is 12.8. The molecule has 0 aliphatic carbocycles. The minimum absolute atomic E-state index is 0.0713. The Morgan fingerprint density at radius 3 is 2.74 bits per heavy atom. The molecule has 1 amide bonds. The lowest BCUT2D eigenvalue weighted by Crippen LogP contribution is -2.23. The number of carbonyl (C=O) groups excluding carboxylic acids is 2. The quantitative estimate of drug-likeness (QED) is 0.786. The zero-order valence-corrected chi connectivity index (χ0v) is 13.6. The second-order valence-electron chi connectivity index (χ2n) is 5.20. The van der Waals surface area contributed by atoms with E-state index in [2.05, 4.69) is 15.0 Å². The third-order valence-corrected chi connectivity index (χ3v) is 4.93. The average Bonchev–Trinajstić information content (AvgIpc) is 3.15. The van der Waals surface area contributed by atoms with Gasteiger partial charge in [-0.25, -0.2) is 9.48 Å². The van der Waals surface area contributed by atoms with Gasteiger partial charge in [0, 0.05) is 7.05 Å². The van der Waals surface area contributed by atoms with Gasteiger partial charge in [0.2, 0.25) is 5.91 Å². The van der Waals surface area contributed by atoms with Crippen molar-refractivity contribution >= 4 is 23.6 Å². The van der Waals surface area contributed by atoms with Gasteiger partial charge in [0.05, 0.1) is 31.2 Å². The van der Waals surface area contributed by atoms with Crippen LogP contribution in [0.3, 0.4) is 0 Å². The van der Waals surface area contributed by atoms with Crippen molar-refractivity contribution in [3.63, 3.8) is 0 Å². The fourth-order valence-corrected chi connectivity index (χ4v) is 3.46. The molecule has 23 heavy (non-hydrogen) atoms. The molecule has 7 nitrogen and oxygen atoms in total. The molecule has 1 aromatic carbocycles. The number of aromatic nitrogens is 3. The second kappa shape index (κ2) is 6.41. The number of hydrogen-bond donors (Lipinski definition) is 0. The highest BCUT2D eigenvalue weighted by Crippen LogP contribution is 2.35. The predicted octanol–water partition coefficient (Wildman–Crippen LogP) is 1.32. The molecule has 0 saturated carbocycles. The molecule has 0 spiro atoms. The van der Waals surface area contributed by atoms with E-state index in [1.165, 1.54) is 7.11 Å². The van der Waals surface area contributed by atoms with Gasteiger partial charge in [-0.3, -0.25) is 4.79 Å². The smallest absolute Gasteiger partial charge is 0.337 e. The molecule has 1 atom stereocenters. The van der Waals surface area contributed by atoms with E-state index in [0.29, 0.717) is 17.9 Å². The summed E-state index contributed by atoms with van der Waals surface area (Å²) in [6, 6.07) is 7.15. The van der Waals surface area contributed by atoms with Gasteiger partial charge >= 0.3 is 5.97 Å². The van der Waals surface area contributed by atoms with Crippen molar-refractivity contribution in [2.24, 2.45) is 0 Å². The summed E-state index contributed by atoms with van der Waals surface area (Å²) in [5.74, 6) is 0.224. The predicted molar refractivity (Wildman–Crippen MR) is 84.9 cm³/mol. The summed E-state index contributed by atoms with van der Waals surface area (Å²) in [6.07, 6.45) is 1.85. The van der Waals surface area contributed by atoms with Crippen molar-refractivity contribution in [2.45, 2.75) is 11.9 Å². The van der Waals surface area contributed by atoms with Crippen LogP contribution >= 0.6 is 11.8 Å². The highest BCUT2D eigenvalue weighted by atomic mass is 32.2. The number of hydrogen-bond acceptors (Lipinski definition) is 6. The lowest BCUT2D eigenvalue weighted by atomic mass is 10.1. The molecule has 1 aliphatic rings. The van der Waals surface area contributed by atoms with E-state index < -0.39 is 0 Å². The summed E-state index contributed by atoms with van der Waals surface area (Å²) in [6.45, 7) is 0.545. The summed E-state index contributed by atoms with van der Waals surface area (Å²) < 4.78 is 6.39. The Labute approximate surface area is 137 Å². The fraction of sp³-hybridized carbons (Fsp3) is 0.333. The molecule has 2 aromatic rings. The van der Waals surface area contributed by atoms with Gasteiger partial charge in [-0.1, -0.05) is 17.3 Å². The van der Waals surface area contributed by atoms with E-state index in [1.54, 1.807) is 40.5 Å². The Morgan fingerprint density at radius 2 is 2.13 bits per heavy atom. The SMILES string of the molecule is COC(=O)c1ccc(Cn2cc([C@H]3SCC(=O)N3C)nn2)cc1. The lowest BCUT2D eigenvalue weighted by Gasteiger charge is -2.15. The van der Waals surface area contributed by atoms with Crippen molar-refractivity contribution in [3.05, 3.63) is 47.3 Å². The first-order chi connectivity index (χ1) is 11.1. The highest BCUT2D eigenvalue weighted by molar-refractivity contribution is 8.00. The molecule has 0 bridgehead atoms. The van der Waals surface area contributed by atoms with Crippen LogP contribution in [0.25, 0.3) is 0 Å². The molecular formula is C15H16N4O3S. The number of carbonyl (C=O) groups is 2. The number of ether oxygens (including phenoxy) is 1. The number of thioether (sulfide) groups is 1. The summed E-state index contributed by atoms with van der Waals surface area (Å²) in [7, 11) is 3.13. The van der Waals surface area contributed by atoms with Crippen LogP contribution in [0.1, 0.15) is 27.0 Å². The molecule has 2 heterocycles. The fourth-order valence-electron chi connectivity index (χ4n) is 2.33. The monoisotopic (exact) mass is 332 g/mol. The third-order valence-electron chi connectivity index (χ3n) is 3.64. The van der Waals surface area contributed by atoms with Crippen molar-refractivity contribution in [3.8, 4) is 0 Å². The molecule has 1 saturated heterocycles. The van der Waals surface area contributed by atoms with Crippen LogP contribution < -0.4 is 0 Å². The van der Waals surface area contributed by atoms with Crippen LogP contribution in [0, 0.1) is 0 Å². The molecule has 3 rings (SSSR count). The van der Waals surface area contributed by atoms with Crippen molar-refractivity contribution in [2.75, 3.05) is 19.9 Å². The maximum Gasteiger partial charge on any atom is 0.337 e. The summed E-state index contributed by atoms with van der Waals surface area (Å²) >= 11 is 1.55. The van der Waals surface area contributed by atoms with E-state index in [4.69, 9.17) is 0 Å². The van der Waals surface area contributed by atoms with E-state index >= 15 is 0 Å². The van der Waals surface area contributed by atoms with Crippen LogP contribution in [0.4, 0.5) is 0 Å². The topological polar surface area (TPSA) is 77.3 Å². The number of nitrogens with zero attached hydrogens (tertiary/aromatic N) is 4. The van der Waals surface area contributed by atoms with Gasteiger partial charge in [-0.2, -0.15) is 0 Å². The molecular weight excluding hydrogens is 316 g/mol. The van der Waals surface area contributed by atoms with Gasteiger partial charge in [0.25, 0.3) is 0 Å². The molecule has 0 N–H and O–H groups in total. The first kappa shape index (κ1) is 15.5. The van der Waals surface area contributed by atoms with E-state index in [9.17, 15) is 9.59 Å². The third kappa shape index (κ3) is 3.21. The number of benzene rings is 1. The second-order valence-corrected chi connectivity index (χ2v) is 6.27. The first-order valence-electron chi connectivity index (χ1n) is 7.03. The largest absolute Gasteiger partial charge is 0.465 e. The molecule has 1 fully saturated rings. The number of amides is 1. The number of methoxy groups -OCH3 is 1. The van der Waals surface area contributed by atoms with Gasteiger partial charge < -0.3 is 9.64 Å². The van der Waals surface area contributed by atoms with Crippen LogP contribution in [-0.2, 0) is 16.1 Å². The molecule has 120 valence electrons. The molecule has 0 radical (unpaired) electrons. The molecule has 1 aliphatic heterocycles. The van der Waals surface area contributed by atoms with Gasteiger partial charge in [0.1, 0.15) is 11.1 Å². The van der Waals surface area contributed by atoms with Crippen molar-refractivity contribution in [1.29, 1.82) is 0 Å². The normalized spacial score (nSPS) is 17.6. The van der Waals surface area contributed by atoms with E-state index in [1.807, 2.05) is 18.3 Å². The van der Waals surface area contributed by atoms with Crippen molar-refractivity contribution in [1.82, 2.24) is 19.9 Å². The average molecular weight is 332 g/mol. The van der Waals surface area contributed by atoms with Crippen molar-refractivity contribution < 1.29 is 14.3 Å². The maximum absolute atomic E-state index is 11.6. The molecule has 8 heteroatoms. The van der Waals surface area contributed by atoms with Gasteiger partial charge in [-0.05, 0) is 17.7 Å². The summed E-state index contributed by atoms with van der Waals surface area (Å²) in [4.78, 5) is 24.7. The van der Waals surface area contributed by atoms with E-state index in [0.717, 1.165) is 11.3 Å². The number of rotatable bonds is 4. The zero-order chi connectivity index (χ0) is 16.4. The Balaban J connectivity index is 1.69. The summed E-state index contributed by atoms with van der Waals surface area (Å²) in [5.41, 5.74) is 2.28. The minimum atomic E-state index is -0.356. The number of esters is 1. The van der Waals surface area contributed by atoms with Crippen LogP contribution in [0.5, 0.6) is 0 Å². The lowest BCUT2D eigenvalue weighted by molar-refractivity contribution is -0.126. The molecule has 0 unspecified atom stereocenters. The maximum atomic E-state index is 11.6. The van der Waals surface area contributed by atoms with Crippen LogP contribution in [0.2, 0.25) is 0 Å². The Bertz CT molecular complexity index is 729. The van der Waals surface area contributed by atoms with Gasteiger partial charge in [-0.15, -0.1) is 16.9 Å². The summed E-state index contributed by atoms with van der Waals surface area (Å²) in [5, 5.41) is 8.20. The Hall–Kier alpha value is -2.35. The standard InChI is InChI=1S/C15H16N4O3S/c1-18-13(20)9-23-14(18)12-8-19(17-16-12)7-10-3-5-11(6-4-10)15(21)22-2/h3-6,8,14H,7,9H2,1-2H3/t14-/m1/s1. The van der Waals surface area contributed by atoms with E-state index in [-0.39, 0.29) is 17.3 Å². The Kier molecular flexibility index (Phi) is 4.33.